The first-order chi connectivity index (χ1) is 8.78. The predicted molar refractivity (Wildman–Crippen MR) is 78.6 cm³/mol. The number of pyridine rings is 1. The fraction of sp³-hybridized carbons (Fsp3) is 0.267. The first-order valence-electron chi connectivity index (χ1n) is 6.09. The third-order valence-electron chi connectivity index (χ3n) is 2.98. The van der Waals surface area contributed by atoms with E-state index in [1.54, 1.807) is 0 Å². The third-order valence-corrected chi connectivity index (χ3v) is 3.45. The summed E-state index contributed by atoms with van der Waals surface area (Å²) < 4.78 is 1.02. The second kappa shape index (κ2) is 6.66. The zero-order chi connectivity index (χ0) is 12.8. The molecular formula is C15H17BrN2. The van der Waals surface area contributed by atoms with Gasteiger partial charge in [0.15, 0.2) is 0 Å². The Bertz CT molecular complexity index is 468. The Kier molecular flexibility index (Phi) is 4.90. The van der Waals surface area contributed by atoms with Gasteiger partial charge in [-0.1, -0.05) is 30.3 Å². The van der Waals surface area contributed by atoms with Crippen molar-refractivity contribution in [1.82, 2.24) is 10.3 Å². The average molecular weight is 305 g/mol. The molecule has 0 aliphatic rings. The molecule has 0 aliphatic heterocycles. The monoisotopic (exact) mass is 304 g/mol. The smallest absolute Gasteiger partial charge is 0.0420 e. The average Bonchev–Trinajstić information content (AvgIpc) is 2.41. The number of halogens is 1. The molecule has 0 saturated carbocycles. The van der Waals surface area contributed by atoms with Gasteiger partial charge in [0.25, 0.3) is 0 Å². The largest absolute Gasteiger partial charge is 0.316 e. The molecule has 1 aromatic carbocycles. The van der Waals surface area contributed by atoms with Crippen LogP contribution in [-0.2, 0) is 12.8 Å². The highest BCUT2D eigenvalue weighted by atomic mass is 79.9. The molecule has 0 saturated heterocycles. The topological polar surface area (TPSA) is 24.9 Å². The van der Waals surface area contributed by atoms with Crippen molar-refractivity contribution in [3.8, 4) is 0 Å². The van der Waals surface area contributed by atoms with Crippen LogP contribution < -0.4 is 5.32 Å². The summed E-state index contributed by atoms with van der Waals surface area (Å²) in [6.45, 7) is 0. The number of nitrogens with zero attached hydrogens (tertiary/aromatic N) is 1. The minimum absolute atomic E-state index is 0.418. The molecule has 1 aromatic heterocycles. The van der Waals surface area contributed by atoms with Crippen LogP contribution in [0.4, 0.5) is 0 Å². The van der Waals surface area contributed by atoms with Gasteiger partial charge in [0.05, 0.1) is 0 Å². The summed E-state index contributed by atoms with van der Waals surface area (Å²) in [4.78, 5) is 4.42. The molecule has 0 bridgehead atoms. The van der Waals surface area contributed by atoms with E-state index in [-0.39, 0.29) is 0 Å². The number of benzene rings is 1. The minimum atomic E-state index is 0.418. The van der Waals surface area contributed by atoms with Crippen LogP contribution in [0.2, 0.25) is 0 Å². The number of hydrogen-bond donors (Lipinski definition) is 1. The summed E-state index contributed by atoms with van der Waals surface area (Å²) in [6, 6.07) is 15.1. The van der Waals surface area contributed by atoms with E-state index in [1.807, 2.05) is 25.4 Å². The van der Waals surface area contributed by atoms with Crippen LogP contribution in [0.1, 0.15) is 11.3 Å². The molecule has 2 nitrogen and oxygen atoms in total. The highest BCUT2D eigenvalue weighted by Gasteiger charge is 2.09. The van der Waals surface area contributed by atoms with E-state index >= 15 is 0 Å². The zero-order valence-electron chi connectivity index (χ0n) is 10.4. The van der Waals surface area contributed by atoms with Gasteiger partial charge in [0, 0.05) is 28.8 Å². The van der Waals surface area contributed by atoms with E-state index in [2.05, 4.69) is 56.6 Å². The standard InChI is InChI=1S/C15H17BrN2/c1-17-15(9-12-5-3-2-4-6-12)10-14-8-7-13(16)11-18-14/h2-8,11,15,17H,9-10H2,1H3. The third kappa shape index (κ3) is 3.93. The molecule has 0 radical (unpaired) electrons. The maximum Gasteiger partial charge on any atom is 0.0420 e. The van der Waals surface area contributed by atoms with Gasteiger partial charge in [0.2, 0.25) is 0 Å². The summed E-state index contributed by atoms with van der Waals surface area (Å²) in [5.41, 5.74) is 2.47. The molecule has 0 aliphatic carbocycles. The van der Waals surface area contributed by atoms with Gasteiger partial charge in [-0.3, -0.25) is 4.98 Å². The van der Waals surface area contributed by atoms with E-state index in [0.29, 0.717) is 6.04 Å². The van der Waals surface area contributed by atoms with Crippen molar-refractivity contribution in [2.45, 2.75) is 18.9 Å². The Morgan fingerprint density at radius 2 is 1.89 bits per heavy atom. The van der Waals surface area contributed by atoms with E-state index in [4.69, 9.17) is 0 Å². The summed E-state index contributed by atoms with van der Waals surface area (Å²) in [5.74, 6) is 0. The van der Waals surface area contributed by atoms with Crippen molar-refractivity contribution in [2.75, 3.05) is 7.05 Å². The van der Waals surface area contributed by atoms with Gasteiger partial charge in [-0.25, -0.2) is 0 Å². The molecule has 3 heteroatoms. The minimum Gasteiger partial charge on any atom is -0.316 e. The molecule has 0 spiro atoms. The summed E-state index contributed by atoms with van der Waals surface area (Å²) in [5, 5.41) is 3.36. The van der Waals surface area contributed by atoms with Crippen LogP contribution in [0, 0.1) is 0 Å². The van der Waals surface area contributed by atoms with E-state index in [0.717, 1.165) is 23.0 Å². The van der Waals surface area contributed by atoms with E-state index in [9.17, 15) is 0 Å². The van der Waals surface area contributed by atoms with Crippen molar-refractivity contribution >= 4 is 15.9 Å². The Morgan fingerprint density at radius 3 is 2.50 bits per heavy atom. The van der Waals surface area contributed by atoms with Gasteiger partial charge >= 0.3 is 0 Å². The predicted octanol–water partition coefficient (Wildman–Crippen LogP) is 3.22. The lowest BCUT2D eigenvalue weighted by Gasteiger charge is -2.15. The quantitative estimate of drug-likeness (QED) is 0.917. The zero-order valence-corrected chi connectivity index (χ0v) is 12.0. The van der Waals surface area contributed by atoms with Gasteiger partial charge < -0.3 is 5.32 Å². The number of nitrogens with one attached hydrogen (secondary N) is 1. The summed E-state index contributed by atoms with van der Waals surface area (Å²) in [7, 11) is 2.01. The maximum absolute atomic E-state index is 4.42. The Hall–Kier alpha value is -1.19. The molecule has 2 rings (SSSR count). The van der Waals surface area contributed by atoms with Crippen LogP contribution in [0.5, 0.6) is 0 Å². The second-order valence-corrected chi connectivity index (χ2v) is 5.26. The summed E-state index contributed by atoms with van der Waals surface area (Å²) >= 11 is 3.40. The molecule has 0 fully saturated rings. The first-order valence-corrected chi connectivity index (χ1v) is 6.89. The molecule has 0 amide bonds. The van der Waals surface area contributed by atoms with Crippen molar-refractivity contribution in [3.63, 3.8) is 0 Å². The maximum atomic E-state index is 4.42. The lowest BCUT2D eigenvalue weighted by Crippen LogP contribution is -2.30. The highest BCUT2D eigenvalue weighted by molar-refractivity contribution is 9.10. The molecule has 18 heavy (non-hydrogen) atoms. The Labute approximate surface area is 117 Å². The number of likely N-dealkylation sites (N-methyl/N-ethyl adjacent to an activating group) is 1. The lowest BCUT2D eigenvalue weighted by molar-refractivity contribution is 0.550. The molecular weight excluding hydrogens is 288 g/mol. The Morgan fingerprint density at radius 1 is 1.11 bits per heavy atom. The molecule has 1 N–H and O–H groups in total. The normalized spacial score (nSPS) is 12.3. The SMILES string of the molecule is CNC(Cc1ccccc1)Cc1ccc(Br)cn1. The Balaban J connectivity index is 1.99. The number of rotatable bonds is 5. The van der Waals surface area contributed by atoms with E-state index in [1.165, 1.54) is 5.56 Å². The number of hydrogen-bond acceptors (Lipinski definition) is 2. The highest BCUT2D eigenvalue weighted by Crippen LogP contribution is 2.11. The van der Waals surface area contributed by atoms with Crippen molar-refractivity contribution < 1.29 is 0 Å². The fourth-order valence-electron chi connectivity index (χ4n) is 1.95. The van der Waals surface area contributed by atoms with Crippen molar-refractivity contribution in [2.24, 2.45) is 0 Å². The van der Waals surface area contributed by atoms with Crippen LogP contribution >= 0.6 is 15.9 Å². The second-order valence-electron chi connectivity index (χ2n) is 4.35. The molecule has 1 atom stereocenters. The number of aromatic nitrogens is 1. The van der Waals surface area contributed by atoms with Crippen molar-refractivity contribution in [1.29, 1.82) is 0 Å². The molecule has 94 valence electrons. The molecule has 1 unspecified atom stereocenters. The van der Waals surface area contributed by atoms with Crippen LogP contribution in [0.3, 0.4) is 0 Å². The fourth-order valence-corrected chi connectivity index (χ4v) is 2.19. The van der Waals surface area contributed by atoms with Crippen LogP contribution in [0.15, 0.2) is 53.1 Å². The van der Waals surface area contributed by atoms with Crippen LogP contribution in [0.25, 0.3) is 0 Å². The van der Waals surface area contributed by atoms with Gasteiger partial charge in [-0.2, -0.15) is 0 Å². The van der Waals surface area contributed by atoms with Gasteiger partial charge in [-0.05, 0) is 47.1 Å². The molecule has 1 heterocycles. The van der Waals surface area contributed by atoms with Crippen LogP contribution in [-0.4, -0.2) is 18.1 Å². The van der Waals surface area contributed by atoms with E-state index < -0.39 is 0 Å². The summed E-state index contributed by atoms with van der Waals surface area (Å²) in [6.07, 6.45) is 3.82. The van der Waals surface area contributed by atoms with Crippen molar-refractivity contribution in [3.05, 3.63) is 64.4 Å². The van der Waals surface area contributed by atoms with Gasteiger partial charge in [0.1, 0.15) is 0 Å². The first kappa shape index (κ1) is 13.2. The molecule has 2 aromatic rings. The van der Waals surface area contributed by atoms with Gasteiger partial charge in [-0.15, -0.1) is 0 Å². The lowest BCUT2D eigenvalue weighted by atomic mass is 10.0.